The molecule has 0 saturated carbocycles. The quantitative estimate of drug-likeness (QED) is 0.394. The molecule has 2 atom stereocenters. The monoisotopic (exact) mass is 511 g/mol. The van der Waals surface area contributed by atoms with E-state index in [1.54, 1.807) is 30.1 Å². The zero-order valence-electron chi connectivity index (χ0n) is 20.8. The zero-order chi connectivity index (χ0) is 25.6. The molecule has 5 rings (SSSR count). The van der Waals surface area contributed by atoms with Crippen molar-refractivity contribution in [2.75, 3.05) is 19.6 Å². The van der Waals surface area contributed by atoms with Gasteiger partial charge in [0.1, 0.15) is 5.82 Å². The van der Waals surface area contributed by atoms with Crippen LogP contribution < -0.4 is 0 Å². The minimum Gasteiger partial charge on any atom is -0.291 e. The van der Waals surface area contributed by atoms with E-state index in [1.807, 2.05) is 6.92 Å². The van der Waals surface area contributed by atoms with Crippen molar-refractivity contribution in [2.24, 2.45) is 7.05 Å². The van der Waals surface area contributed by atoms with Gasteiger partial charge in [-0.15, -0.1) is 5.10 Å². The molecule has 0 radical (unpaired) electrons. The van der Waals surface area contributed by atoms with Crippen molar-refractivity contribution in [1.82, 2.24) is 34.0 Å². The number of hydrogen-bond acceptors (Lipinski definition) is 6. The highest BCUT2D eigenvalue weighted by Gasteiger charge is 2.38. The summed E-state index contributed by atoms with van der Waals surface area (Å²) in [7, 11) is -2.16. The van der Waals surface area contributed by atoms with Crippen LogP contribution in [0.5, 0.6) is 0 Å². The molecule has 11 heteroatoms. The van der Waals surface area contributed by atoms with E-state index in [0.717, 1.165) is 34.1 Å². The molecule has 1 fully saturated rings. The lowest BCUT2D eigenvalue weighted by Gasteiger charge is -2.44. The van der Waals surface area contributed by atoms with Crippen LogP contribution in [0.2, 0.25) is 0 Å². The third-order valence-electron chi connectivity index (χ3n) is 7.11. The molecule has 2 aromatic carbocycles. The standard InChI is InChI=1S/C25H30FN7O2S/c1-5-18(3)32-11-10-31(36(34,35)25-15-27-30(4)29-25)16-24(32)22-13-19-14-28-33(23(19)12-17(22)2)21-8-6-20(26)7-9-21/h6-9,12-15,18,24H,5,10-11,16H2,1-4H3. The van der Waals surface area contributed by atoms with E-state index in [-0.39, 0.29) is 22.9 Å². The topological polar surface area (TPSA) is 89.2 Å². The van der Waals surface area contributed by atoms with Crippen LogP contribution in [0.3, 0.4) is 0 Å². The predicted octanol–water partition coefficient (Wildman–Crippen LogP) is 3.45. The number of sulfonamides is 1. The van der Waals surface area contributed by atoms with Crippen LogP contribution in [0.1, 0.15) is 37.4 Å². The van der Waals surface area contributed by atoms with E-state index in [9.17, 15) is 12.8 Å². The molecule has 0 N–H and O–H groups in total. The van der Waals surface area contributed by atoms with Gasteiger partial charge in [-0.1, -0.05) is 6.92 Å². The fourth-order valence-corrected chi connectivity index (χ4v) is 6.28. The van der Waals surface area contributed by atoms with Crippen LogP contribution >= 0.6 is 0 Å². The maximum absolute atomic E-state index is 13.4. The lowest BCUT2D eigenvalue weighted by atomic mass is 9.95. The van der Waals surface area contributed by atoms with Gasteiger partial charge in [0.15, 0.2) is 0 Å². The molecule has 36 heavy (non-hydrogen) atoms. The molecule has 4 aromatic rings. The molecule has 2 unspecified atom stereocenters. The average molecular weight is 512 g/mol. The second-order valence-corrected chi connectivity index (χ2v) is 11.2. The van der Waals surface area contributed by atoms with Crippen LogP contribution in [0, 0.1) is 12.7 Å². The average Bonchev–Trinajstić information content (AvgIpc) is 3.49. The van der Waals surface area contributed by atoms with Gasteiger partial charge in [0.2, 0.25) is 5.03 Å². The van der Waals surface area contributed by atoms with Crippen molar-refractivity contribution < 1.29 is 12.8 Å². The highest BCUT2D eigenvalue weighted by molar-refractivity contribution is 7.89. The molecular weight excluding hydrogens is 481 g/mol. The number of rotatable bonds is 6. The number of benzene rings is 2. The van der Waals surface area contributed by atoms with Gasteiger partial charge in [-0.05, 0) is 67.8 Å². The number of aromatic nitrogens is 5. The van der Waals surface area contributed by atoms with Crippen molar-refractivity contribution in [3.63, 3.8) is 0 Å². The molecule has 0 spiro atoms. The Hall–Kier alpha value is -3.15. The molecule has 9 nitrogen and oxygen atoms in total. The number of hydrogen-bond donors (Lipinski definition) is 0. The van der Waals surface area contributed by atoms with Gasteiger partial charge < -0.3 is 0 Å². The summed E-state index contributed by atoms with van der Waals surface area (Å²) in [6.45, 7) is 7.70. The molecule has 2 aromatic heterocycles. The third kappa shape index (κ3) is 4.31. The summed E-state index contributed by atoms with van der Waals surface area (Å²) in [5, 5.41) is 13.5. The van der Waals surface area contributed by atoms with E-state index < -0.39 is 10.0 Å². The minimum absolute atomic E-state index is 0.0338. The Labute approximate surface area is 210 Å². The SMILES string of the molecule is CCC(C)N1CCN(S(=O)(=O)c2cnn(C)n2)CC1c1cc2cnn(-c3ccc(F)cc3)c2cc1C. The zero-order valence-corrected chi connectivity index (χ0v) is 21.7. The van der Waals surface area contributed by atoms with Gasteiger partial charge in [-0.25, -0.2) is 17.5 Å². The van der Waals surface area contributed by atoms with Gasteiger partial charge in [0, 0.05) is 44.2 Å². The van der Waals surface area contributed by atoms with Gasteiger partial charge in [-0.3, -0.25) is 4.90 Å². The second-order valence-electron chi connectivity index (χ2n) is 9.35. The van der Waals surface area contributed by atoms with Crippen LogP contribution in [0.15, 0.2) is 53.8 Å². The number of aryl methyl sites for hydroxylation is 2. The Kier molecular flexibility index (Phi) is 6.39. The molecule has 1 saturated heterocycles. The molecule has 190 valence electrons. The summed E-state index contributed by atoms with van der Waals surface area (Å²) < 4.78 is 43.5. The first-order valence-corrected chi connectivity index (χ1v) is 13.5. The van der Waals surface area contributed by atoms with Crippen LogP contribution in [0.4, 0.5) is 4.39 Å². The maximum Gasteiger partial charge on any atom is 0.264 e. The normalized spacial score (nSPS) is 18.6. The van der Waals surface area contributed by atoms with Crippen LogP contribution in [-0.4, -0.2) is 68.1 Å². The largest absolute Gasteiger partial charge is 0.291 e. The fourth-order valence-electron chi connectivity index (χ4n) is 4.95. The molecule has 0 amide bonds. The molecule has 0 aliphatic carbocycles. The van der Waals surface area contributed by atoms with Crippen molar-refractivity contribution in [2.45, 2.75) is 44.3 Å². The van der Waals surface area contributed by atoms with Crippen molar-refractivity contribution in [1.29, 1.82) is 0 Å². The fraction of sp³-hybridized carbons (Fsp3) is 0.400. The number of halogens is 1. The highest BCUT2D eigenvalue weighted by atomic mass is 32.2. The first kappa shape index (κ1) is 24.5. The Morgan fingerprint density at radius 2 is 1.86 bits per heavy atom. The van der Waals surface area contributed by atoms with E-state index in [1.165, 1.54) is 27.4 Å². The van der Waals surface area contributed by atoms with Crippen LogP contribution in [-0.2, 0) is 17.1 Å². The lowest BCUT2D eigenvalue weighted by Crippen LogP contribution is -2.53. The van der Waals surface area contributed by atoms with Crippen molar-refractivity contribution in [3.8, 4) is 5.69 Å². The van der Waals surface area contributed by atoms with Crippen LogP contribution in [0.25, 0.3) is 16.6 Å². The predicted molar refractivity (Wildman–Crippen MR) is 135 cm³/mol. The number of fused-ring (bicyclic) bond motifs is 1. The van der Waals surface area contributed by atoms with Gasteiger partial charge in [0.25, 0.3) is 10.0 Å². The molecular formula is C25H30FN7O2S. The Bertz CT molecular complexity index is 1500. The molecule has 0 bridgehead atoms. The lowest BCUT2D eigenvalue weighted by molar-refractivity contribution is 0.0778. The first-order valence-electron chi connectivity index (χ1n) is 12.1. The van der Waals surface area contributed by atoms with Gasteiger partial charge >= 0.3 is 0 Å². The summed E-state index contributed by atoms with van der Waals surface area (Å²) in [4.78, 5) is 3.65. The first-order chi connectivity index (χ1) is 17.2. The summed E-state index contributed by atoms with van der Waals surface area (Å²) in [5.41, 5.74) is 3.81. The van der Waals surface area contributed by atoms with Crippen molar-refractivity contribution >= 4 is 20.9 Å². The maximum atomic E-state index is 13.4. The minimum atomic E-state index is -3.76. The van der Waals surface area contributed by atoms with E-state index in [2.05, 4.69) is 46.2 Å². The smallest absolute Gasteiger partial charge is 0.264 e. The molecule has 1 aliphatic heterocycles. The van der Waals surface area contributed by atoms with E-state index >= 15 is 0 Å². The number of nitrogens with zero attached hydrogens (tertiary/aromatic N) is 7. The Morgan fingerprint density at radius 1 is 1.11 bits per heavy atom. The van der Waals surface area contributed by atoms with E-state index in [0.29, 0.717) is 19.6 Å². The second kappa shape index (κ2) is 9.38. The summed E-state index contributed by atoms with van der Waals surface area (Å²) in [6.07, 6.45) is 4.05. The van der Waals surface area contributed by atoms with Gasteiger partial charge in [-0.2, -0.15) is 19.3 Å². The number of piperazine rings is 1. The van der Waals surface area contributed by atoms with E-state index in [4.69, 9.17) is 0 Å². The molecule has 3 heterocycles. The highest BCUT2D eigenvalue weighted by Crippen LogP contribution is 2.35. The van der Waals surface area contributed by atoms with Crippen molar-refractivity contribution in [3.05, 3.63) is 65.7 Å². The molecule has 1 aliphatic rings. The Morgan fingerprint density at radius 3 is 2.53 bits per heavy atom. The van der Waals surface area contributed by atoms with Gasteiger partial charge in [0.05, 0.1) is 23.6 Å². The third-order valence-corrected chi connectivity index (χ3v) is 8.84. The summed E-state index contributed by atoms with van der Waals surface area (Å²) in [5.74, 6) is -0.294. The Balaban J connectivity index is 1.54. The summed E-state index contributed by atoms with van der Waals surface area (Å²) in [6, 6.07) is 10.6. The summed E-state index contributed by atoms with van der Waals surface area (Å²) >= 11 is 0.